The van der Waals surface area contributed by atoms with Crippen LogP contribution in [0.3, 0.4) is 0 Å². The molecule has 5 unspecified atom stereocenters. The summed E-state index contributed by atoms with van der Waals surface area (Å²) in [4.78, 5) is 14.5. The summed E-state index contributed by atoms with van der Waals surface area (Å²) >= 11 is 0. The zero-order chi connectivity index (χ0) is 14.1. The van der Waals surface area contributed by atoms with Crippen LogP contribution < -0.4 is 10.6 Å². The zero-order valence-corrected chi connectivity index (χ0v) is 14.1. The van der Waals surface area contributed by atoms with Crippen LogP contribution in [0.4, 0.5) is 0 Å². The summed E-state index contributed by atoms with van der Waals surface area (Å²) in [5.41, 5.74) is 0. The van der Waals surface area contributed by atoms with Gasteiger partial charge in [-0.15, -0.1) is 12.4 Å². The quantitative estimate of drug-likeness (QED) is 0.811. The first-order valence-corrected chi connectivity index (χ1v) is 8.34. The molecule has 0 aromatic carbocycles. The molecule has 2 bridgehead atoms. The Morgan fingerprint density at radius 3 is 2.67 bits per heavy atom. The van der Waals surface area contributed by atoms with Crippen molar-refractivity contribution >= 4 is 18.3 Å². The number of carbonyl (C=O) groups excluding carboxylic acids is 1. The van der Waals surface area contributed by atoms with Crippen LogP contribution in [0.25, 0.3) is 0 Å². The maximum atomic E-state index is 12.2. The fourth-order valence-corrected chi connectivity index (χ4v) is 4.73. The second kappa shape index (κ2) is 7.30. The number of halogens is 1. The van der Waals surface area contributed by atoms with Crippen LogP contribution in [0.1, 0.15) is 39.0 Å². The van der Waals surface area contributed by atoms with Gasteiger partial charge in [0.1, 0.15) is 0 Å². The van der Waals surface area contributed by atoms with E-state index in [9.17, 15) is 4.79 Å². The number of fused-ring (bicyclic) bond motifs is 2. The van der Waals surface area contributed by atoms with Gasteiger partial charge in [-0.05, 0) is 57.4 Å². The van der Waals surface area contributed by atoms with E-state index in [1.807, 2.05) is 7.05 Å². The van der Waals surface area contributed by atoms with Crippen LogP contribution in [0.15, 0.2) is 0 Å². The molecular formula is C16H30ClN3O. The van der Waals surface area contributed by atoms with E-state index >= 15 is 0 Å². The third-order valence-corrected chi connectivity index (χ3v) is 5.87. The molecule has 0 aromatic rings. The van der Waals surface area contributed by atoms with Crippen LogP contribution in [0.5, 0.6) is 0 Å². The minimum absolute atomic E-state index is 0. The van der Waals surface area contributed by atoms with Gasteiger partial charge in [0.2, 0.25) is 5.91 Å². The molecule has 3 fully saturated rings. The maximum Gasteiger partial charge on any atom is 0.234 e. The maximum absolute atomic E-state index is 12.2. The van der Waals surface area contributed by atoms with E-state index in [1.54, 1.807) is 0 Å². The summed E-state index contributed by atoms with van der Waals surface area (Å²) in [5.74, 6) is 2.80. The van der Waals surface area contributed by atoms with Crippen molar-refractivity contribution in [2.75, 3.05) is 26.7 Å². The number of hydrogen-bond donors (Lipinski definition) is 2. The molecule has 0 aromatic heterocycles. The molecule has 2 saturated carbocycles. The van der Waals surface area contributed by atoms with E-state index < -0.39 is 0 Å². The van der Waals surface area contributed by atoms with Gasteiger partial charge < -0.3 is 10.6 Å². The third kappa shape index (κ3) is 3.91. The lowest BCUT2D eigenvalue weighted by molar-refractivity contribution is -0.123. The van der Waals surface area contributed by atoms with Gasteiger partial charge in [0.05, 0.1) is 6.54 Å². The summed E-state index contributed by atoms with van der Waals surface area (Å²) < 4.78 is 0. The first-order chi connectivity index (χ1) is 9.65. The molecule has 0 spiro atoms. The summed E-state index contributed by atoms with van der Waals surface area (Å²) in [7, 11) is 2.01. The molecule has 5 atom stereocenters. The van der Waals surface area contributed by atoms with E-state index in [0.717, 1.165) is 37.3 Å². The molecule has 0 radical (unpaired) electrons. The van der Waals surface area contributed by atoms with Crippen LogP contribution in [-0.2, 0) is 4.79 Å². The van der Waals surface area contributed by atoms with Crippen molar-refractivity contribution in [3.05, 3.63) is 0 Å². The first kappa shape index (κ1) is 17.0. The minimum atomic E-state index is 0. The Balaban J connectivity index is 0.00000161. The predicted molar refractivity (Wildman–Crippen MR) is 87.7 cm³/mol. The lowest BCUT2D eigenvalue weighted by atomic mass is 9.84. The first-order valence-electron chi connectivity index (χ1n) is 8.34. The highest BCUT2D eigenvalue weighted by Gasteiger charge is 2.42. The Labute approximate surface area is 134 Å². The van der Waals surface area contributed by atoms with Gasteiger partial charge in [-0.3, -0.25) is 9.69 Å². The minimum Gasteiger partial charge on any atom is -0.352 e. The highest BCUT2D eigenvalue weighted by atomic mass is 35.5. The fourth-order valence-electron chi connectivity index (χ4n) is 4.73. The number of rotatable bonds is 5. The molecule has 3 aliphatic rings. The second-order valence-electron chi connectivity index (χ2n) is 7.20. The van der Waals surface area contributed by atoms with Crippen molar-refractivity contribution in [3.63, 3.8) is 0 Å². The van der Waals surface area contributed by atoms with E-state index in [4.69, 9.17) is 0 Å². The highest BCUT2D eigenvalue weighted by molar-refractivity contribution is 5.85. The molecule has 5 heteroatoms. The number of nitrogens with one attached hydrogen (secondary N) is 2. The molecule has 21 heavy (non-hydrogen) atoms. The molecule has 1 heterocycles. The Hall–Kier alpha value is -0.320. The number of likely N-dealkylation sites (N-methyl/N-ethyl adjacent to an activating group) is 1. The lowest BCUT2D eigenvalue weighted by Gasteiger charge is -2.29. The van der Waals surface area contributed by atoms with Gasteiger partial charge in [0.15, 0.2) is 0 Å². The summed E-state index contributed by atoms with van der Waals surface area (Å²) in [6, 6.07) is 0.922. The van der Waals surface area contributed by atoms with Crippen molar-refractivity contribution in [1.82, 2.24) is 15.5 Å². The topological polar surface area (TPSA) is 44.4 Å². The van der Waals surface area contributed by atoms with Crippen molar-refractivity contribution in [2.45, 2.75) is 51.1 Å². The summed E-state index contributed by atoms with van der Waals surface area (Å²) in [5, 5.41) is 6.56. The smallest absolute Gasteiger partial charge is 0.234 e. The third-order valence-electron chi connectivity index (χ3n) is 5.87. The van der Waals surface area contributed by atoms with Crippen LogP contribution >= 0.6 is 12.4 Å². The Morgan fingerprint density at radius 2 is 2.10 bits per heavy atom. The van der Waals surface area contributed by atoms with Gasteiger partial charge in [0, 0.05) is 25.2 Å². The van der Waals surface area contributed by atoms with Crippen molar-refractivity contribution in [3.8, 4) is 0 Å². The monoisotopic (exact) mass is 315 g/mol. The molecule has 1 amide bonds. The van der Waals surface area contributed by atoms with E-state index in [1.165, 1.54) is 25.7 Å². The number of amides is 1. The lowest BCUT2D eigenvalue weighted by Crippen LogP contribution is -2.45. The molecule has 1 aliphatic heterocycles. The van der Waals surface area contributed by atoms with Gasteiger partial charge in [0.25, 0.3) is 0 Å². The van der Waals surface area contributed by atoms with Crippen molar-refractivity contribution in [2.24, 2.45) is 17.8 Å². The zero-order valence-electron chi connectivity index (χ0n) is 13.3. The molecule has 3 rings (SSSR count). The number of carbonyl (C=O) groups is 1. The number of nitrogens with zero attached hydrogens (tertiary/aromatic N) is 1. The Bertz CT molecular complexity index is 365. The van der Waals surface area contributed by atoms with Gasteiger partial charge in [-0.25, -0.2) is 0 Å². The van der Waals surface area contributed by atoms with Gasteiger partial charge >= 0.3 is 0 Å². The average molecular weight is 316 g/mol. The summed E-state index contributed by atoms with van der Waals surface area (Å²) in [6.45, 7) is 4.83. The van der Waals surface area contributed by atoms with E-state index in [0.29, 0.717) is 18.6 Å². The second-order valence-corrected chi connectivity index (χ2v) is 7.20. The van der Waals surface area contributed by atoms with Crippen molar-refractivity contribution < 1.29 is 4.79 Å². The highest BCUT2D eigenvalue weighted by Crippen LogP contribution is 2.49. The SMILES string of the molecule is CNC1CCN(CC(=O)NC(C)C2CC3CCC2C3)C1.Cl. The molecule has 4 nitrogen and oxygen atoms in total. The van der Waals surface area contributed by atoms with Crippen LogP contribution in [0.2, 0.25) is 0 Å². The van der Waals surface area contributed by atoms with Crippen LogP contribution in [0, 0.1) is 17.8 Å². The van der Waals surface area contributed by atoms with E-state index in [-0.39, 0.29) is 18.3 Å². The largest absolute Gasteiger partial charge is 0.352 e. The normalized spacial score (nSPS) is 36.5. The molecular weight excluding hydrogens is 286 g/mol. The fraction of sp³-hybridized carbons (Fsp3) is 0.938. The molecule has 2 N–H and O–H groups in total. The molecule has 122 valence electrons. The van der Waals surface area contributed by atoms with Crippen LogP contribution in [-0.4, -0.2) is 49.6 Å². The summed E-state index contributed by atoms with van der Waals surface area (Å²) in [6.07, 6.45) is 6.75. The van der Waals surface area contributed by atoms with Gasteiger partial charge in [-0.1, -0.05) is 6.42 Å². The predicted octanol–water partition coefficient (Wildman–Crippen LogP) is 1.64. The standard InChI is InChI=1S/C16H29N3O.ClH/c1-11(15-8-12-3-4-13(15)7-12)18-16(20)10-19-6-5-14(9-19)17-2;/h11-15,17H,3-10H2,1-2H3,(H,18,20);1H. The average Bonchev–Trinajstić information content (AvgIpc) is 3.13. The van der Waals surface area contributed by atoms with Gasteiger partial charge in [-0.2, -0.15) is 0 Å². The van der Waals surface area contributed by atoms with E-state index in [2.05, 4.69) is 22.5 Å². The Kier molecular flexibility index (Phi) is 5.92. The number of hydrogen-bond acceptors (Lipinski definition) is 3. The molecule has 1 saturated heterocycles. The Morgan fingerprint density at radius 1 is 1.29 bits per heavy atom. The number of likely N-dealkylation sites (tertiary alicyclic amines) is 1. The van der Waals surface area contributed by atoms with Crippen molar-refractivity contribution in [1.29, 1.82) is 0 Å². The molecule has 2 aliphatic carbocycles.